The van der Waals surface area contributed by atoms with Crippen LogP contribution in [-0.2, 0) is 12.6 Å². The average molecular weight is 347 g/mol. The predicted molar refractivity (Wildman–Crippen MR) is 87.4 cm³/mol. The molecule has 0 aliphatic carbocycles. The Morgan fingerprint density at radius 1 is 1.29 bits per heavy atom. The van der Waals surface area contributed by atoms with Crippen LogP contribution in [0.1, 0.15) is 37.8 Å². The van der Waals surface area contributed by atoms with Crippen molar-refractivity contribution in [3.8, 4) is 0 Å². The van der Waals surface area contributed by atoms with Crippen molar-refractivity contribution in [2.75, 3.05) is 6.54 Å². The lowest BCUT2D eigenvalue weighted by atomic mass is 9.90. The third kappa shape index (κ3) is 6.13. The molecule has 0 aromatic heterocycles. The van der Waals surface area contributed by atoms with Crippen LogP contribution in [0.5, 0.6) is 0 Å². The summed E-state index contributed by atoms with van der Waals surface area (Å²) in [5, 5.41) is 3.08. The maximum atomic E-state index is 13.4. The van der Waals surface area contributed by atoms with E-state index in [2.05, 4.69) is 5.32 Å². The molecule has 0 fully saturated rings. The Morgan fingerprint density at radius 3 is 2.50 bits per heavy atom. The number of hydrogen-bond acceptors (Lipinski definition) is 3. The maximum Gasteiger partial charge on any atom is 0.419 e. The van der Waals surface area contributed by atoms with Gasteiger partial charge in [0, 0.05) is 11.6 Å². The first-order valence-electron chi connectivity index (χ1n) is 7.95. The summed E-state index contributed by atoms with van der Waals surface area (Å²) in [6.07, 6.45) is -1.60. The molecule has 1 aromatic rings. The molecule has 0 saturated heterocycles. The molecule has 2 atom stereocenters. The fourth-order valence-corrected chi connectivity index (χ4v) is 2.57. The van der Waals surface area contributed by atoms with E-state index in [9.17, 15) is 17.6 Å². The van der Waals surface area contributed by atoms with Crippen molar-refractivity contribution in [2.45, 2.75) is 45.5 Å². The molecule has 24 heavy (non-hydrogen) atoms. The predicted octanol–water partition coefficient (Wildman–Crippen LogP) is 3.54. The van der Waals surface area contributed by atoms with E-state index in [-0.39, 0.29) is 12.1 Å². The van der Waals surface area contributed by atoms with Crippen molar-refractivity contribution in [2.24, 2.45) is 17.4 Å². The minimum atomic E-state index is -4.71. The molecule has 0 saturated carbocycles. The van der Waals surface area contributed by atoms with Crippen LogP contribution < -0.4 is 16.8 Å². The van der Waals surface area contributed by atoms with Gasteiger partial charge in [-0.1, -0.05) is 19.1 Å². The van der Waals surface area contributed by atoms with Gasteiger partial charge in [-0.25, -0.2) is 4.39 Å². The quantitative estimate of drug-likeness (QED) is 0.498. The van der Waals surface area contributed by atoms with Crippen molar-refractivity contribution in [3.63, 3.8) is 0 Å². The number of hydrogen-bond donors (Lipinski definition) is 3. The number of rotatable bonds is 8. The lowest BCUT2D eigenvalue weighted by Crippen LogP contribution is -2.37. The topological polar surface area (TPSA) is 64.1 Å². The van der Waals surface area contributed by atoms with E-state index in [0.717, 1.165) is 18.7 Å². The molecule has 0 aliphatic rings. The Morgan fingerprint density at radius 2 is 1.96 bits per heavy atom. The van der Waals surface area contributed by atoms with Gasteiger partial charge in [0.15, 0.2) is 0 Å². The first-order chi connectivity index (χ1) is 11.2. The molecule has 136 valence electrons. The summed E-state index contributed by atoms with van der Waals surface area (Å²) in [6, 6.07) is 3.08. The highest BCUT2D eigenvalue weighted by molar-refractivity contribution is 5.28. The van der Waals surface area contributed by atoms with E-state index >= 15 is 0 Å². The van der Waals surface area contributed by atoms with E-state index in [4.69, 9.17) is 11.5 Å². The highest BCUT2D eigenvalue weighted by Crippen LogP contribution is 2.32. The van der Waals surface area contributed by atoms with Gasteiger partial charge in [0.1, 0.15) is 5.82 Å². The molecule has 0 heterocycles. The van der Waals surface area contributed by atoms with Crippen LogP contribution in [0, 0.1) is 11.7 Å². The highest BCUT2D eigenvalue weighted by atomic mass is 19.4. The second kappa shape index (κ2) is 9.03. The molecule has 1 rings (SSSR count). The normalized spacial score (nSPS) is 15.4. The number of halogens is 4. The average Bonchev–Trinajstić information content (AvgIpc) is 2.51. The van der Waals surface area contributed by atoms with Crippen LogP contribution in [0.4, 0.5) is 17.6 Å². The van der Waals surface area contributed by atoms with Gasteiger partial charge >= 0.3 is 6.18 Å². The van der Waals surface area contributed by atoms with Crippen LogP contribution >= 0.6 is 0 Å². The summed E-state index contributed by atoms with van der Waals surface area (Å²) >= 11 is 0. The molecular weight excluding hydrogens is 322 g/mol. The van der Waals surface area contributed by atoms with Gasteiger partial charge in [-0.2, -0.15) is 13.2 Å². The molecule has 0 aliphatic heterocycles. The summed E-state index contributed by atoms with van der Waals surface area (Å²) in [7, 11) is 0. The van der Waals surface area contributed by atoms with Crippen molar-refractivity contribution in [3.05, 3.63) is 46.9 Å². The molecule has 0 radical (unpaired) electrons. The number of allylic oxidation sites excluding steroid dienone is 2. The van der Waals surface area contributed by atoms with Crippen molar-refractivity contribution in [1.82, 2.24) is 5.32 Å². The van der Waals surface area contributed by atoms with Crippen molar-refractivity contribution in [1.29, 1.82) is 0 Å². The Kier molecular flexibility index (Phi) is 7.69. The molecule has 1 aromatic carbocycles. The summed E-state index contributed by atoms with van der Waals surface area (Å²) in [5.41, 5.74) is 11.6. The van der Waals surface area contributed by atoms with E-state index in [1.54, 1.807) is 13.0 Å². The van der Waals surface area contributed by atoms with Gasteiger partial charge in [0.25, 0.3) is 0 Å². The lowest BCUT2D eigenvalue weighted by molar-refractivity contribution is -0.140. The molecule has 0 spiro atoms. The van der Waals surface area contributed by atoms with E-state index in [1.807, 2.05) is 6.92 Å². The van der Waals surface area contributed by atoms with Crippen molar-refractivity contribution < 1.29 is 17.6 Å². The van der Waals surface area contributed by atoms with E-state index < -0.39 is 17.6 Å². The molecule has 5 N–H and O–H groups in total. The number of nitrogens with two attached hydrogens (primary N) is 2. The van der Waals surface area contributed by atoms with Crippen LogP contribution in [0.15, 0.2) is 30.0 Å². The third-order valence-electron chi connectivity index (χ3n) is 3.92. The minimum absolute atomic E-state index is 0.147. The highest BCUT2D eigenvalue weighted by Gasteiger charge is 2.34. The van der Waals surface area contributed by atoms with E-state index in [1.165, 1.54) is 6.07 Å². The van der Waals surface area contributed by atoms with Gasteiger partial charge in [0.05, 0.1) is 11.7 Å². The van der Waals surface area contributed by atoms with Crippen molar-refractivity contribution >= 4 is 0 Å². The van der Waals surface area contributed by atoms with Gasteiger partial charge in [-0.3, -0.25) is 0 Å². The van der Waals surface area contributed by atoms with E-state index in [0.29, 0.717) is 30.5 Å². The lowest BCUT2D eigenvalue weighted by Gasteiger charge is -2.21. The number of nitrogens with one attached hydrogen (secondary N) is 1. The van der Waals surface area contributed by atoms with Gasteiger partial charge in [-0.05, 0) is 50.4 Å². The van der Waals surface area contributed by atoms with Gasteiger partial charge < -0.3 is 16.8 Å². The Bertz CT molecular complexity index is 555. The second-order valence-corrected chi connectivity index (χ2v) is 5.74. The second-order valence-electron chi connectivity index (χ2n) is 5.74. The largest absolute Gasteiger partial charge is 0.419 e. The third-order valence-corrected chi connectivity index (χ3v) is 3.92. The van der Waals surface area contributed by atoms with Crippen LogP contribution in [0.3, 0.4) is 0 Å². The Balaban J connectivity index is 2.91. The summed E-state index contributed by atoms with van der Waals surface area (Å²) in [5.74, 6) is -1.41. The van der Waals surface area contributed by atoms with Crippen LogP contribution in [0.25, 0.3) is 0 Å². The zero-order chi connectivity index (χ0) is 18.3. The molecule has 2 unspecified atom stereocenters. The Labute approximate surface area is 140 Å². The monoisotopic (exact) mass is 347 g/mol. The zero-order valence-corrected chi connectivity index (χ0v) is 14.0. The minimum Gasteiger partial charge on any atom is -0.402 e. The number of alkyl halides is 3. The molecule has 3 nitrogen and oxygen atoms in total. The fourth-order valence-electron chi connectivity index (χ4n) is 2.57. The SMILES string of the molecule is C/C=C(/N)C(CCC(N)NCC)Cc1ccc(F)c(C(F)(F)F)c1. The summed E-state index contributed by atoms with van der Waals surface area (Å²) in [6.45, 7) is 4.45. The molecule has 7 heteroatoms. The van der Waals surface area contributed by atoms with Crippen LogP contribution in [0.2, 0.25) is 0 Å². The smallest absolute Gasteiger partial charge is 0.402 e. The summed E-state index contributed by atoms with van der Waals surface area (Å²) in [4.78, 5) is 0. The zero-order valence-electron chi connectivity index (χ0n) is 14.0. The first kappa shape index (κ1) is 20.4. The maximum absolute atomic E-state index is 13.4. The summed E-state index contributed by atoms with van der Waals surface area (Å²) < 4.78 is 51.9. The molecule has 0 bridgehead atoms. The molecular formula is C17H25F4N3. The van der Waals surface area contributed by atoms with Gasteiger partial charge in [0.2, 0.25) is 0 Å². The first-order valence-corrected chi connectivity index (χ1v) is 7.95. The Hall–Kier alpha value is -1.60. The number of benzene rings is 1. The molecule has 0 amide bonds. The van der Waals surface area contributed by atoms with Crippen LogP contribution in [-0.4, -0.2) is 12.7 Å². The fraction of sp³-hybridized carbons (Fsp3) is 0.529. The standard InChI is InChI=1S/C17H25F4N3/c1-3-15(22)12(6-8-16(23)24-4-2)9-11-5-7-14(18)13(10-11)17(19,20)21/h3,5,7,10,12,16,24H,4,6,8-9,22-23H2,1-2H3/b15-3+. The van der Waals surface area contributed by atoms with Gasteiger partial charge in [-0.15, -0.1) is 0 Å².